The first-order valence-corrected chi connectivity index (χ1v) is 10.2. The quantitative estimate of drug-likeness (QED) is 0.278. The second-order valence-electron chi connectivity index (χ2n) is 7.09. The number of benzene rings is 2. The van der Waals surface area contributed by atoms with Gasteiger partial charge in [-0.25, -0.2) is 5.43 Å². The average Bonchev–Trinajstić information content (AvgIpc) is 2.68. The van der Waals surface area contributed by atoms with E-state index in [1.807, 2.05) is 30.3 Å². The van der Waals surface area contributed by atoms with Gasteiger partial charge in [-0.15, -0.1) is 0 Å². The molecule has 2 aromatic carbocycles. The molecule has 0 unspecified atom stereocenters. The van der Waals surface area contributed by atoms with Gasteiger partial charge in [0, 0.05) is 12.0 Å². The Morgan fingerprint density at radius 3 is 2.37 bits per heavy atom. The number of nitrogens with one attached hydrogen (secondary N) is 1. The number of hydrogen-bond donors (Lipinski definition) is 2. The third kappa shape index (κ3) is 7.41. The first-order chi connectivity index (χ1) is 13.2. The van der Waals surface area contributed by atoms with E-state index in [1.165, 1.54) is 51.2 Å². The molecule has 0 aliphatic rings. The molecule has 0 aliphatic carbocycles. The molecule has 0 saturated carbocycles. The Balaban J connectivity index is 1.67. The molecule has 0 radical (unpaired) electrons. The molecule has 2 aromatic rings. The van der Waals surface area contributed by atoms with Crippen molar-refractivity contribution in [2.75, 3.05) is 0 Å². The molecular formula is C23H32N2O2. The highest BCUT2D eigenvalue weighted by atomic mass is 16.3. The molecule has 2 N–H and O–H groups in total. The van der Waals surface area contributed by atoms with Gasteiger partial charge in [-0.2, -0.15) is 5.10 Å². The highest BCUT2D eigenvalue weighted by molar-refractivity contribution is 6.02. The van der Waals surface area contributed by atoms with Gasteiger partial charge in [-0.05, 0) is 23.3 Å². The molecule has 0 aliphatic heterocycles. The van der Waals surface area contributed by atoms with Crippen LogP contribution in [0.15, 0.2) is 41.5 Å². The van der Waals surface area contributed by atoms with E-state index in [1.54, 1.807) is 6.07 Å². The molecule has 4 nitrogen and oxygen atoms in total. The number of unbranched alkanes of at least 4 members (excludes halogenated alkanes) is 8. The largest absolute Gasteiger partial charge is 0.507 e. The Bertz CT molecular complexity index is 740. The van der Waals surface area contributed by atoms with Crippen molar-refractivity contribution >= 4 is 22.9 Å². The van der Waals surface area contributed by atoms with Gasteiger partial charge in [0.1, 0.15) is 5.75 Å². The monoisotopic (exact) mass is 368 g/mol. The summed E-state index contributed by atoms with van der Waals surface area (Å²) in [6.45, 7) is 2.24. The van der Waals surface area contributed by atoms with Crippen molar-refractivity contribution in [3.63, 3.8) is 0 Å². The predicted octanol–water partition coefficient (Wildman–Crippen LogP) is 5.92. The maximum atomic E-state index is 11.9. The van der Waals surface area contributed by atoms with Crippen LogP contribution in [-0.4, -0.2) is 17.2 Å². The zero-order chi connectivity index (χ0) is 19.3. The molecule has 2 rings (SSSR count). The summed E-state index contributed by atoms with van der Waals surface area (Å²) in [5, 5.41) is 16.0. The normalized spacial score (nSPS) is 11.3. The second kappa shape index (κ2) is 12.1. The van der Waals surface area contributed by atoms with E-state index in [2.05, 4.69) is 17.5 Å². The van der Waals surface area contributed by atoms with Gasteiger partial charge >= 0.3 is 0 Å². The molecule has 0 aromatic heterocycles. The Morgan fingerprint density at radius 1 is 0.963 bits per heavy atom. The number of rotatable bonds is 12. The maximum absolute atomic E-state index is 11.9. The maximum Gasteiger partial charge on any atom is 0.240 e. The summed E-state index contributed by atoms with van der Waals surface area (Å²) in [5.74, 6) is 0.0829. The molecule has 27 heavy (non-hydrogen) atoms. The lowest BCUT2D eigenvalue weighted by Crippen LogP contribution is -2.16. The summed E-state index contributed by atoms with van der Waals surface area (Å²) in [7, 11) is 0. The second-order valence-corrected chi connectivity index (χ2v) is 7.09. The first kappa shape index (κ1) is 20.9. The molecule has 0 atom stereocenters. The van der Waals surface area contributed by atoms with Crippen LogP contribution in [0.5, 0.6) is 5.75 Å². The van der Waals surface area contributed by atoms with Crippen molar-refractivity contribution in [1.82, 2.24) is 5.43 Å². The zero-order valence-corrected chi connectivity index (χ0v) is 16.4. The molecule has 0 bridgehead atoms. The number of hydrazone groups is 1. The number of phenolic OH excluding ortho intramolecular Hbond substituents is 1. The van der Waals surface area contributed by atoms with Crippen molar-refractivity contribution in [3.05, 3.63) is 42.0 Å². The summed E-state index contributed by atoms with van der Waals surface area (Å²) < 4.78 is 0. The molecule has 0 fully saturated rings. The van der Waals surface area contributed by atoms with Crippen LogP contribution in [0.3, 0.4) is 0 Å². The standard InChI is InChI=1S/C23H32N2O2/c1-2-3-4-5-6-7-8-9-10-15-23(27)25-24-18-21-20-14-12-11-13-19(20)16-17-22(21)26/h11-14,16-18,26H,2-10,15H2,1H3,(H,25,27)/b24-18+. The Morgan fingerprint density at radius 2 is 1.63 bits per heavy atom. The Hall–Kier alpha value is -2.36. The third-order valence-corrected chi connectivity index (χ3v) is 4.84. The van der Waals surface area contributed by atoms with E-state index < -0.39 is 0 Å². The summed E-state index contributed by atoms with van der Waals surface area (Å²) >= 11 is 0. The smallest absolute Gasteiger partial charge is 0.240 e. The van der Waals surface area contributed by atoms with Crippen LogP contribution in [0.1, 0.15) is 76.7 Å². The van der Waals surface area contributed by atoms with Gasteiger partial charge in [-0.1, -0.05) is 88.6 Å². The number of carbonyl (C=O) groups is 1. The minimum Gasteiger partial charge on any atom is -0.507 e. The fraction of sp³-hybridized carbons (Fsp3) is 0.478. The van der Waals surface area contributed by atoms with Gasteiger partial charge in [0.05, 0.1) is 6.21 Å². The van der Waals surface area contributed by atoms with E-state index >= 15 is 0 Å². The van der Waals surface area contributed by atoms with Gasteiger partial charge in [0.2, 0.25) is 5.91 Å². The van der Waals surface area contributed by atoms with Crippen LogP contribution in [0.2, 0.25) is 0 Å². The van der Waals surface area contributed by atoms with E-state index in [0.717, 1.165) is 23.6 Å². The fourth-order valence-corrected chi connectivity index (χ4v) is 3.24. The van der Waals surface area contributed by atoms with Crippen molar-refractivity contribution in [3.8, 4) is 5.75 Å². The summed E-state index contributed by atoms with van der Waals surface area (Å²) in [6, 6.07) is 11.3. The number of nitrogens with zero attached hydrogens (tertiary/aromatic N) is 1. The van der Waals surface area contributed by atoms with E-state index in [-0.39, 0.29) is 11.7 Å². The Labute approximate surface area is 162 Å². The van der Waals surface area contributed by atoms with Crippen molar-refractivity contribution < 1.29 is 9.90 Å². The molecule has 4 heteroatoms. The minimum absolute atomic E-state index is 0.0751. The lowest BCUT2D eigenvalue weighted by atomic mass is 10.0. The number of hydrogen-bond acceptors (Lipinski definition) is 3. The zero-order valence-electron chi connectivity index (χ0n) is 16.4. The van der Waals surface area contributed by atoms with Gasteiger partial charge < -0.3 is 5.11 Å². The number of aromatic hydroxyl groups is 1. The average molecular weight is 369 g/mol. The number of amides is 1. The van der Waals surface area contributed by atoms with Crippen LogP contribution >= 0.6 is 0 Å². The number of carbonyl (C=O) groups excluding carboxylic acids is 1. The number of fused-ring (bicyclic) bond motifs is 1. The van der Waals surface area contributed by atoms with E-state index in [9.17, 15) is 9.90 Å². The van der Waals surface area contributed by atoms with Crippen molar-refractivity contribution in [2.45, 2.75) is 71.1 Å². The molecule has 1 amide bonds. The van der Waals surface area contributed by atoms with Crippen LogP contribution in [0.4, 0.5) is 0 Å². The van der Waals surface area contributed by atoms with E-state index in [0.29, 0.717) is 12.0 Å². The molecule has 0 heterocycles. The van der Waals surface area contributed by atoms with Gasteiger partial charge in [-0.3, -0.25) is 4.79 Å². The van der Waals surface area contributed by atoms with Crippen molar-refractivity contribution in [2.24, 2.45) is 5.10 Å². The SMILES string of the molecule is CCCCCCCCCCCC(=O)N/N=C/c1c(O)ccc2ccccc12. The van der Waals surface area contributed by atoms with Crippen LogP contribution in [0, 0.1) is 0 Å². The Kier molecular flexibility index (Phi) is 9.39. The fourth-order valence-electron chi connectivity index (χ4n) is 3.24. The third-order valence-electron chi connectivity index (χ3n) is 4.84. The first-order valence-electron chi connectivity index (χ1n) is 10.2. The molecular weight excluding hydrogens is 336 g/mol. The lowest BCUT2D eigenvalue weighted by molar-refractivity contribution is -0.121. The van der Waals surface area contributed by atoms with Crippen LogP contribution in [0.25, 0.3) is 10.8 Å². The molecule has 0 spiro atoms. The van der Waals surface area contributed by atoms with Crippen LogP contribution in [-0.2, 0) is 4.79 Å². The van der Waals surface area contributed by atoms with Crippen LogP contribution < -0.4 is 5.43 Å². The van der Waals surface area contributed by atoms with E-state index in [4.69, 9.17) is 0 Å². The van der Waals surface area contributed by atoms with Crippen molar-refractivity contribution in [1.29, 1.82) is 0 Å². The lowest BCUT2D eigenvalue weighted by Gasteiger charge is -2.05. The summed E-state index contributed by atoms with van der Waals surface area (Å²) in [6.07, 6.45) is 13.1. The van der Waals surface area contributed by atoms with Gasteiger partial charge in [0.15, 0.2) is 0 Å². The summed E-state index contributed by atoms with van der Waals surface area (Å²) in [5.41, 5.74) is 3.19. The minimum atomic E-state index is -0.0751. The molecule has 0 saturated heterocycles. The topological polar surface area (TPSA) is 61.7 Å². The highest BCUT2D eigenvalue weighted by Gasteiger charge is 2.05. The highest BCUT2D eigenvalue weighted by Crippen LogP contribution is 2.25. The molecule has 146 valence electrons. The predicted molar refractivity (Wildman–Crippen MR) is 113 cm³/mol. The number of phenols is 1. The summed E-state index contributed by atoms with van der Waals surface area (Å²) in [4.78, 5) is 11.9. The van der Waals surface area contributed by atoms with Gasteiger partial charge in [0.25, 0.3) is 0 Å².